The minimum absolute atomic E-state index is 0.202. The van der Waals surface area contributed by atoms with Crippen LogP contribution in [0.25, 0.3) is 0 Å². The Balaban J connectivity index is 2.70. The molecule has 17 nitrogen and oxygen atoms in total. The number of hydrogen-bond donors (Lipinski definition) is 1. The van der Waals surface area contributed by atoms with Gasteiger partial charge in [0.25, 0.3) is 11.5 Å². The summed E-state index contributed by atoms with van der Waals surface area (Å²) in [4.78, 5) is 84.1. The highest BCUT2D eigenvalue weighted by atomic mass is 16.7. The summed E-state index contributed by atoms with van der Waals surface area (Å²) in [6.07, 6.45) is -6.86. The van der Waals surface area contributed by atoms with Gasteiger partial charge in [-0.2, -0.15) is 0 Å². The Morgan fingerprint density at radius 1 is 0.977 bits per heavy atom. The van der Waals surface area contributed by atoms with Gasteiger partial charge in [0.15, 0.2) is 12.2 Å². The molecule has 0 saturated carbocycles. The van der Waals surface area contributed by atoms with Crippen molar-refractivity contribution >= 4 is 41.4 Å². The molecule has 1 aromatic rings. The molecule has 1 heterocycles. The van der Waals surface area contributed by atoms with Crippen molar-refractivity contribution in [2.24, 2.45) is 0 Å². The normalized spacial score (nSPS) is 22.4. The maximum atomic E-state index is 13.3. The van der Waals surface area contributed by atoms with E-state index in [0.717, 1.165) is 41.7 Å². The Kier molecular flexibility index (Phi) is 12.7. The van der Waals surface area contributed by atoms with Gasteiger partial charge >= 0.3 is 29.8 Å². The van der Waals surface area contributed by atoms with Crippen LogP contribution in [0, 0.1) is 10.1 Å². The Morgan fingerprint density at radius 2 is 1.59 bits per heavy atom. The molecule has 1 amide bonds. The molecular formula is C27H34N2O15. The van der Waals surface area contributed by atoms with Gasteiger partial charge in [0.05, 0.1) is 31.1 Å². The van der Waals surface area contributed by atoms with E-state index in [4.69, 9.17) is 33.2 Å². The molecular weight excluding hydrogens is 592 g/mol. The Hall–Kier alpha value is -4.64. The van der Waals surface area contributed by atoms with E-state index < -0.39 is 96.6 Å². The molecule has 0 aliphatic carbocycles. The van der Waals surface area contributed by atoms with Crippen molar-refractivity contribution in [3.8, 4) is 0 Å². The van der Waals surface area contributed by atoms with Crippen LogP contribution in [0.3, 0.4) is 0 Å². The van der Waals surface area contributed by atoms with Crippen LogP contribution in [0.5, 0.6) is 0 Å². The monoisotopic (exact) mass is 626 g/mol. The van der Waals surface area contributed by atoms with E-state index in [2.05, 4.69) is 5.32 Å². The van der Waals surface area contributed by atoms with Crippen molar-refractivity contribution in [3.63, 3.8) is 0 Å². The third-order valence-corrected chi connectivity index (χ3v) is 6.11. The van der Waals surface area contributed by atoms with E-state index in [0.29, 0.717) is 5.56 Å². The van der Waals surface area contributed by atoms with Crippen LogP contribution in [-0.4, -0.2) is 90.6 Å². The van der Waals surface area contributed by atoms with Gasteiger partial charge in [-0.3, -0.25) is 34.1 Å². The highest BCUT2D eigenvalue weighted by molar-refractivity contribution is 5.79. The lowest BCUT2D eigenvalue weighted by atomic mass is 9.88. The number of carbonyl (C=O) groups is 6. The van der Waals surface area contributed by atoms with Crippen LogP contribution in [-0.2, 0) is 68.5 Å². The number of ether oxygens (including phenoxy) is 7. The molecule has 0 spiro atoms. The van der Waals surface area contributed by atoms with Crippen LogP contribution in [0.4, 0.5) is 5.69 Å². The third kappa shape index (κ3) is 9.98. The minimum atomic E-state index is -2.41. The van der Waals surface area contributed by atoms with Gasteiger partial charge in [0.2, 0.25) is 5.91 Å². The maximum absolute atomic E-state index is 13.3. The molecule has 44 heavy (non-hydrogen) atoms. The summed E-state index contributed by atoms with van der Waals surface area (Å²) < 4.78 is 38.2. The fraction of sp³-hybridized carbons (Fsp3) is 0.556. The molecule has 0 radical (unpaired) electrons. The second kappa shape index (κ2) is 15.7. The number of nitro benzene ring substituents is 1. The topological polar surface area (TPSA) is 222 Å². The SMILES string of the molecule is COC(=O)C1(OCc2ccc([N+](=O)[O-])cc2)C[C@H](OC(C)=O)[C@@H](NC(C)=O)[C@H]([C@H](OC(C)=O)[C@@H](COC(C)=O)OC(C)=O)O1. The number of carbonyl (C=O) groups excluding carboxylic acids is 6. The first kappa shape index (κ1) is 35.6. The van der Waals surface area contributed by atoms with Gasteiger partial charge in [-0.15, -0.1) is 0 Å². The van der Waals surface area contributed by atoms with E-state index >= 15 is 0 Å². The first-order chi connectivity index (χ1) is 20.6. The molecule has 1 aliphatic rings. The number of benzene rings is 1. The smallest absolute Gasteiger partial charge is 0.366 e. The quantitative estimate of drug-likeness (QED) is 0.137. The zero-order valence-electron chi connectivity index (χ0n) is 24.9. The summed E-state index contributed by atoms with van der Waals surface area (Å²) >= 11 is 0. The predicted molar refractivity (Wildman–Crippen MR) is 143 cm³/mol. The fourth-order valence-electron chi connectivity index (χ4n) is 4.46. The van der Waals surface area contributed by atoms with E-state index in [1.165, 1.54) is 24.3 Å². The van der Waals surface area contributed by atoms with Crippen molar-refractivity contribution in [2.75, 3.05) is 13.7 Å². The van der Waals surface area contributed by atoms with Gasteiger partial charge in [-0.05, 0) is 17.7 Å². The van der Waals surface area contributed by atoms with Crippen LogP contribution in [0.2, 0.25) is 0 Å². The minimum Gasteiger partial charge on any atom is -0.465 e. The van der Waals surface area contributed by atoms with Crippen LogP contribution >= 0.6 is 0 Å². The summed E-state index contributed by atoms with van der Waals surface area (Å²) in [5.74, 6) is -7.60. The molecule has 6 atom stereocenters. The Bertz CT molecular complexity index is 1250. The summed E-state index contributed by atoms with van der Waals surface area (Å²) in [5, 5.41) is 13.6. The predicted octanol–water partition coefficient (Wildman–Crippen LogP) is 0.633. The Morgan fingerprint density at radius 3 is 2.07 bits per heavy atom. The summed E-state index contributed by atoms with van der Waals surface area (Å²) in [5.41, 5.74) is 0.156. The fourth-order valence-corrected chi connectivity index (χ4v) is 4.46. The molecule has 1 aliphatic heterocycles. The standard InChI is InChI=1S/C27H34N2O15/c1-14(30)28-23-21(41-16(3)32)11-27(26(35)38-6,40-12-19-7-9-20(10-8-19)29(36)37)44-25(23)24(43-18(5)34)22(42-17(4)33)13-39-15(2)31/h7-10,21-25H,11-13H2,1-6H3,(H,28,30)/t21-,22+,23+,24+,25+,27?/m0/s1. The lowest BCUT2D eigenvalue weighted by molar-refractivity contribution is -0.384. The number of amides is 1. The average Bonchev–Trinajstić information content (AvgIpc) is 2.93. The van der Waals surface area contributed by atoms with Crippen molar-refractivity contribution in [3.05, 3.63) is 39.9 Å². The number of nitro groups is 1. The molecule has 1 unspecified atom stereocenters. The van der Waals surface area contributed by atoms with E-state index in [1.54, 1.807) is 0 Å². The number of hydrogen-bond acceptors (Lipinski definition) is 15. The molecule has 17 heteroatoms. The van der Waals surface area contributed by atoms with Crippen molar-refractivity contribution in [1.82, 2.24) is 5.32 Å². The van der Waals surface area contributed by atoms with E-state index in [1.807, 2.05) is 0 Å². The summed E-state index contributed by atoms with van der Waals surface area (Å²) in [6, 6.07) is 3.79. The summed E-state index contributed by atoms with van der Waals surface area (Å²) in [6.45, 7) is 4.29. The number of nitrogens with zero attached hydrogens (tertiary/aromatic N) is 1. The van der Waals surface area contributed by atoms with Crippen molar-refractivity contribution < 1.29 is 66.8 Å². The van der Waals surface area contributed by atoms with Crippen molar-refractivity contribution in [1.29, 1.82) is 0 Å². The molecule has 0 aromatic heterocycles. The van der Waals surface area contributed by atoms with E-state index in [9.17, 15) is 38.9 Å². The molecule has 1 N–H and O–H groups in total. The zero-order valence-corrected chi connectivity index (χ0v) is 24.9. The van der Waals surface area contributed by atoms with Gasteiger partial charge in [0, 0.05) is 46.8 Å². The number of methoxy groups -OCH3 is 1. The molecule has 242 valence electrons. The number of nitrogens with one attached hydrogen (secondary N) is 1. The molecule has 0 bridgehead atoms. The van der Waals surface area contributed by atoms with Crippen LogP contribution in [0.15, 0.2) is 24.3 Å². The highest BCUT2D eigenvalue weighted by Gasteiger charge is 2.59. The largest absolute Gasteiger partial charge is 0.465 e. The molecule has 1 fully saturated rings. The third-order valence-electron chi connectivity index (χ3n) is 6.11. The van der Waals surface area contributed by atoms with Gasteiger partial charge in [-0.25, -0.2) is 4.79 Å². The van der Waals surface area contributed by atoms with Gasteiger partial charge < -0.3 is 38.5 Å². The average molecular weight is 627 g/mol. The number of esters is 5. The lowest BCUT2D eigenvalue weighted by Gasteiger charge is -2.48. The molecule has 1 aromatic carbocycles. The zero-order chi connectivity index (χ0) is 33.2. The van der Waals surface area contributed by atoms with Crippen LogP contribution < -0.4 is 5.32 Å². The summed E-state index contributed by atoms with van der Waals surface area (Å²) in [7, 11) is 1.02. The molecule has 2 rings (SSSR count). The first-order valence-electron chi connectivity index (χ1n) is 13.1. The second-order valence-electron chi connectivity index (χ2n) is 9.64. The van der Waals surface area contributed by atoms with Crippen molar-refractivity contribution in [2.45, 2.75) is 83.9 Å². The number of non-ortho nitro benzene ring substituents is 1. The van der Waals surface area contributed by atoms with E-state index in [-0.39, 0.29) is 5.69 Å². The van der Waals surface area contributed by atoms with Crippen LogP contribution in [0.1, 0.15) is 46.6 Å². The highest BCUT2D eigenvalue weighted by Crippen LogP contribution is 2.37. The second-order valence-corrected chi connectivity index (χ2v) is 9.64. The molecule has 1 saturated heterocycles. The van der Waals surface area contributed by atoms with Gasteiger partial charge in [-0.1, -0.05) is 0 Å². The van der Waals surface area contributed by atoms with Gasteiger partial charge in [0.1, 0.15) is 18.8 Å². The first-order valence-corrected chi connectivity index (χ1v) is 13.1. The lowest BCUT2D eigenvalue weighted by Crippen LogP contribution is -2.69. The Labute approximate surface area is 251 Å². The maximum Gasteiger partial charge on any atom is 0.366 e. The number of rotatable bonds is 13.